The van der Waals surface area contributed by atoms with E-state index in [1.165, 1.54) is 3.57 Å². The molecule has 5 rings (SSSR count). The minimum Gasteiger partial charge on any atom is -0.330 e. The third-order valence-corrected chi connectivity index (χ3v) is 6.10. The molecule has 30 heavy (non-hydrogen) atoms. The fourth-order valence-corrected chi connectivity index (χ4v) is 4.62. The van der Waals surface area contributed by atoms with E-state index < -0.39 is 0 Å². The molecule has 6 heteroatoms. The van der Waals surface area contributed by atoms with Crippen LogP contribution in [0, 0.1) is 3.57 Å². The Hall–Kier alpha value is -2.71. The van der Waals surface area contributed by atoms with E-state index in [0.717, 1.165) is 40.5 Å². The van der Waals surface area contributed by atoms with E-state index in [0.29, 0.717) is 13.1 Å². The van der Waals surface area contributed by atoms with Crippen molar-refractivity contribution >= 4 is 45.5 Å². The number of rotatable bonds is 4. The van der Waals surface area contributed by atoms with E-state index in [-0.39, 0.29) is 6.17 Å². The lowest BCUT2D eigenvalue weighted by molar-refractivity contribution is 0.611. The van der Waals surface area contributed by atoms with Crippen LogP contribution < -0.4 is 15.6 Å². The molecule has 0 saturated carbocycles. The van der Waals surface area contributed by atoms with Crippen molar-refractivity contribution in [1.82, 2.24) is 0 Å². The van der Waals surface area contributed by atoms with Gasteiger partial charge in [-0.05, 0) is 59.5 Å². The van der Waals surface area contributed by atoms with Crippen LogP contribution >= 0.6 is 22.6 Å². The first kappa shape index (κ1) is 19.3. The third-order valence-electron chi connectivity index (χ3n) is 5.43. The summed E-state index contributed by atoms with van der Waals surface area (Å²) in [6, 6.07) is 27.2. The highest BCUT2D eigenvalue weighted by Crippen LogP contribution is 2.36. The summed E-state index contributed by atoms with van der Waals surface area (Å²) in [4.78, 5) is 7.35. The summed E-state index contributed by atoms with van der Waals surface area (Å²) in [5.74, 6) is 0.950. The van der Waals surface area contributed by atoms with Crippen LogP contribution in [0.1, 0.15) is 17.5 Å². The standard InChI is InChI=1S/C24H22IN5/c25-18-11-12-21-20(15-18)24(17-7-3-1-4-8-17)27-16-22-28-30(19-9-5-2-6-10-19)23(13-14-26)29(21)22/h1-12,15,23H,13-14,16,26H2. The molecule has 5 nitrogen and oxygen atoms in total. The molecule has 2 N–H and O–H groups in total. The number of nitrogens with zero attached hydrogens (tertiary/aromatic N) is 4. The van der Waals surface area contributed by atoms with Gasteiger partial charge in [-0.3, -0.25) is 4.99 Å². The lowest BCUT2D eigenvalue weighted by Gasteiger charge is -2.32. The number of amidine groups is 1. The topological polar surface area (TPSA) is 57.2 Å². The summed E-state index contributed by atoms with van der Waals surface area (Å²) in [7, 11) is 0. The van der Waals surface area contributed by atoms with Gasteiger partial charge in [-0.25, -0.2) is 5.01 Å². The van der Waals surface area contributed by atoms with Gasteiger partial charge < -0.3 is 10.6 Å². The maximum atomic E-state index is 6.04. The number of hydrogen-bond donors (Lipinski definition) is 1. The number of hydrogen-bond acceptors (Lipinski definition) is 5. The van der Waals surface area contributed by atoms with Crippen LogP contribution in [0.3, 0.4) is 0 Å². The van der Waals surface area contributed by atoms with Crippen molar-refractivity contribution in [3.8, 4) is 0 Å². The molecule has 0 radical (unpaired) electrons. The van der Waals surface area contributed by atoms with Crippen LogP contribution in [0.2, 0.25) is 0 Å². The number of halogens is 1. The number of aliphatic imine (C=N–C) groups is 1. The Morgan fingerprint density at radius 3 is 2.43 bits per heavy atom. The maximum absolute atomic E-state index is 6.04. The van der Waals surface area contributed by atoms with E-state index in [4.69, 9.17) is 15.8 Å². The predicted octanol–water partition coefficient (Wildman–Crippen LogP) is 4.46. The molecule has 0 saturated heterocycles. The molecular weight excluding hydrogens is 485 g/mol. The minimum absolute atomic E-state index is 0.0246. The lowest BCUT2D eigenvalue weighted by atomic mass is 10.00. The average molecular weight is 507 g/mol. The first-order chi connectivity index (χ1) is 14.8. The quantitative estimate of drug-likeness (QED) is 0.531. The normalized spacial score (nSPS) is 17.7. The zero-order chi connectivity index (χ0) is 20.5. The van der Waals surface area contributed by atoms with Gasteiger partial charge in [-0.2, -0.15) is 5.10 Å². The molecule has 0 bridgehead atoms. The van der Waals surface area contributed by atoms with Crippen molar-refractivity contribution < 1.29 is 0 Å². The zero-order valence-electron chi connectivity index (χ0n) is 16.4. The maximum Gasteiger partial charge on any atom is 0.153 e. The molecule has 2 heterocycles. The summed E-state index contributed by atoms with van der Waals surface area (Å²) in [6.45, 7) is 1.11. The number of para-hydroxylation sites is 1. The predicted molar refractivity (Wildman–Crippen MR) is 132 cm³/mol. The van der Waals surface area contributed by atoms with E-state index in [1.807, 2.05) is 24.3 Å². The number of hydrazone groups is 1. The van der Waals surface area contributed by atoms with Gasteiger partial charge in [0.25, 0.3) is 0 Å². The molecule has 0 aromatic heterocycles. The van der Waals surface area contributed by atoms with Gasteiger partial charge in [0.05, 0.1) is 23.6 Å². The molecule has 0 fully saturated rings. The fourth-order valence-electron chi connectivity index (χ4n) is 4.12. The molecule has 0 amide bonds. The van der Waals surface area contributed by atoms with Crippen molar-refractivity contribution in [2.75, 3.05) is 23.0 Å². The smallest absolute Gasteiger partial charge is 0.153 e. The zero-order valence-corrected chi connectivity index (χ0v) is 18.6. The molecule has 2 aliphatic rings. The molecule has 3 aromatic rings. The summed E-state index contributed by atoms with van der Waals surface area (Å²) >= 11 is 2.37. The lowest BCUT2D eigenvalue weighted by Crippen LogP contribution is -2.44. The van der Waals surface area contributed by atoms with Crippen LogP contribution in [0.4, 0.5) is 11.4 Å². The molecule has 1 atom stereocenters. The highest BCUT2D eigenvalue weighted by Gasteiger charge is 2.38. The van der Waals surface area contributed by atoms with E-state index in [1.54, 1.807) is 0 Å². The Kier molecular flexibility index (Phi) is 5.26. The van der Waals surface area contributed by atoms with Gasteiger partial charge in [0.2, 0.25) is 0 Å². The van der Waals surface area contributed by atoms with Gasteiger partial charge >= 0.3 is 0 Å². The Bertz CT molecular complexity index is 1110. The Balaban J connectivity index is 1.67. The Morgan fingerprint density at radius 2 is 1.70 bits per heavy atom. The summed E-state index contributed by atoms with van der Waals surface area (Å²) in [5.41, 5.74) is 11.5. The van der Waals surface area contributed by atoms with Gasteiger partial charge in [0.15, 0.2) is 5.84 Å². The number of benzene rings is 3. The van der Waals surface area contributed by atoms with Crippen molar-refractivity contribution in [3.05, 3.63) is 93.6 Å². The molecule has 150 valence electrons. The largest absolute Gasteiger partial charge is 0.330 e. The molecule has 2 aliphatic heterocycles. The number of nitrogens with two attached hydrogens (primary N) is 1. The monoisotopic (exact) mass is 507 g/mol. The van der Waals surface area contributed by atoms with E-state index in [2.05, 4.69) is 87.1 Å². The van der Waals surface area contributed by atoms with Gasteiger partial charge in [-0.15, -0.1) is 0 Å². The Morgan fingerprint density at radius 1 is 0.967 bits per heavy atom. The van der Waals surface area contributed by atoms with Gasteiger partial charge in [0, 0.05) is 21.1 Å². The summed E-state index contributed by atoms with van der Waals surface area (Å²) in [5, 5.41) is 7.09. The second kappa shape index (κ2) is 8.20. The molecular formula is C24H22IN5. The van der Waals surface area contributed by atoms with Crippen molar-refractivity contribution in [2.24, 2.45) is 15.8 Å². The van der Waals surface area contributed by atoms with Gasteiger partial charge in [-0.1, -0.05) is 48.5 Å². The second-order valence-electron chi connectivity index (χ2n) is 7.32. The third kappa shape index (κ3) is 3.40. The molecule has 0 spiro atoms. The highest BCUT2D eigenvalue weighted by atomic mass is 127. The fraction of sp³-hybridized carbons (Fsp3) is 0.167. The van der Waals surface area contributed by atoms with Crippen LogP contribution in [-0.2, 0) is 0 Å². The van der Waals surface area contributed by atoms with Crippen molar-refractivity contribution in [2.45, 2.75) is 12.6 Å². The van der Waals surface area contributed by atoms with E-state index >= 15 is 0 Å². The summed E-state index contributed by atoms with van der Waals surface area (Å²) in [6.07, 6.45) is 0.824. The first-order valence-electron chi connectivity index (χ1n) is 10.1. The van der Waals surface area contributed by atoms with Crippen LogP contribution in [0.5, 0.6) is 0 Å². The first-order valence-corrected chi connectivity index (χ1v) is 11.1. The Labute approximate surface area is 190 Å². The highest BCUT2D eigenvalue weighted by molar-refractivity contribution is 14.1. The van der Waals surface area contributed by atoms with Crippen molar-refractivity contribution in [3.63, 3.8) is 0 Å². The molecule has 1 unspecified atom stereocenters. The van der Waals surface area contributed by atoms with Crippen molar-refractivity contribution in [1.29, 1.82) is 0 Å². The van der Waals surface area contributed by atoms with Crippen LogP contribution in [0.15, 0.2) is 89.0 Å². The van der Waals surface area contributed by atoms with Crippen LogP contribution in [0.25, 0.3) is 0 Å². The molecule has 0 aliphatic carbocycles. The van der Waals surface area contributed by atoms with Gasteiger partial charge in [0.1, 0.15) is 6.17 Å². The second-order valence-corrected chi connectivity index (χ2v) is 8.56. The minimum atomic E-state index is 0.0246. The summed E-state index contributed by atoms with van der Waals surface area (Å²) < 4.78 is 1.19. The SMILES string of the molecule is NCCC1N(c2ccccc2)N=C2CN=C(c3ccccc3)c3cc(I)ccc3N21. The average Bonchev–Trinajstić information content (AvgIpc) is 3.05. The van der Waals surface area contributed by atoms with Crippen LogP contribution in [-0.4, -0.2) is 30.8 Å². The van der Waals surface area contributed by atoms with E-state index in [9.17, 15) is 0 Å². The number of anilines is 2. The number of fused-ring (bicyclic) bond motifs is 3. The molecule has 3 aromatic carbocycles.